The van der Waals surface area contributed by atoms with E-state index in [-0.39, 0.29) is 5.41 Å². The summed E-state index contributed by atoms with van der Waals surface area (Å²) in [6, 6.07) is 11.2. The molecule has 28 heavy (non-hydrogen) atoms. The van der Waals surface area contributed by atoms with Gasteiger partial charge in [-0.3, -0.25) is 19.3 Å². The summed E-state index contributed by atoms with van der Waals surface area (Å²) in [5, 5.41) is 2.81. The molecule has 6 nitrogen and oxygen atoms in total. The fraction of sp³-hybridized carbons (Fsp3) is 0.318. The van der Waals surface area contributed by atoms with Gasteiger partial charge in [0.1, 0.15) is 11.8 Å². The van der Waals surface area contributed by atoms with E-state index >= 15 is 0 Å². The number of nitrogens with one attached hydrogen (secondary N) is 1. The Morgan fingerprint density at radius 2 is 1.61 bits per heavy atom. The van der Waals surface area contributed by atoms with Gasteiger partial charge in [0.15, 0.2) is 0 Å². The molecule has 0 spiro atoms. The van der Waals surface area contributed by atoms with Gasteiger partial charge in [-0.2, -0.15) is 0 Å². The summed E-state index contributed by atoms with van der Waals surface area (Å²) in [5.74, 6) is -0.868. The van der Waals surface area contributed by atoms with Gasteiger partial charge >= 0.3 is 0 Å². The molecule has 2 aromatic rings. The van der Waals surface area contributed by atoms with Gasteiger partial charge in [0.25, 0.3) is 11.8 Å². The lowest BCUT2D eigenvalue weighted by atomic mass is 9.87. The smallest absolute Gasteiger partial charge is 0.262 e. The first kappa shape index (κ1) is 19.6. The van der Waals surface area contributed by atoms with Crippen molar-refractivity contribution in [3.8, 4) is 5.75 Å². The molecular weight excluding hydrogens is 356 g/mol. The lowest BCUT2D eigenvalue weighted by Crippen LogP contribution is -2.45. The topological polar surface area (TPSA) is 75.7 Å². The predicted molar refractivity (Wildman–Crippen MR) is 107 cm³/mol. The van der Waals surface area contributed by atoms with E-state index in [1.54, 1.807) is 30.3 Å². The third kappa shape index (κ3) is 3.38. The summed E-state index contributed by atoms with van der Waals surface area (Å²) >= 11 is 0. The van der Waals surface area contributed by atoms with Crippen molar-refractivity contribution in [3.05, 3.63) is 59.2 Å². The lowest BCUT2D eigenvalue weighted by molar-refractivity contribution is -0.119. The van der Waals surface area contributed by atoms with Gasteiger partial charge in [-0.25, -0.2) is 0 Å². The van der Waals surface area contributed by atoms with Gasteiger partial charge in [-0.05, 0) is 42.2 Å². The van der Waals surface area contributed by atoms with Crippen LogP contribution in [0.15, 0.2) is 42.5 Å². The summed E-state index contributed by atoms with van der Waals surface area (Å²) < 4.78 is 5.35. The number of methoxy groups -OCH3 is 1. The first-order valence-electron chi connectivity index (χ1n) is 9.11. The molecule has 3 amide bonds. The van der Waals surface area contributed by atoms with E-state index in [0.717, 1.165) is 10.5 Å². The molecule has 1 heterocycles. The molecule has 0 saturated heterocycles. The molecule has 146 valence electrons. The zero-order valence-corrected chi connectivity index (χ0v) is 16.7. The normalized spacial score (nSPS) is 14.7. The van der Waals surface area contributed by atoms with Crippen LogP contribution in [-0.2, 0) is 10.2 Å². The maximum absolute atomic E-state index is 12.9. The number of hydrogen-bond donors (Lipinski definition) is 1. The van der Waals surface area contributed by atoms with Gasteiger partial charge < -0.3 is 10.1 Å². The lowest BCUT2D eigenvalue weighted by Gasteiger charge is -2.24. The Bertz CT molecular complexity index is 924. The van der Waals surface area contributed by atoms with E-state index in [9.17, 15) is 14.4 Å². The molecule has 1 N–H and O–H groups in total. The molecule has 0 bridgehead atoms. The number of hydrogen-bond acceptors (Lipinski definition) is 4. The quantitative estimate of drug-likeness (QED) is 0.822. The highest BCUT2D eigenvalue weighted by atomic mass is 16.5. The van der Waals surface area contributed by atoms with Gasteiger partial charge in [0.2, 0.25) is 5.91 Å². The van der Waals surface area contributed by atoms with Gasteiger partial charge in [0.05, 0.1) is 23.9 Å². The van der Waals surface area contributed by atoms with Crippen molar-refractivity contribution in [3.63, 3.8) is 0 Å². The van der Waals surface area contributed by atoms with Crippen LogP contribution in [0.4, 0.5) is 5.69 Å². The number of fused-ring (bicyclic) bond motifs is 1. The molecule has 1 aliphatic heterocycles. The standard InChI is InChI=1S/C22H24N2O4/c1-13(24-20(26)15-8-6-7-9-16(15)21(24)27)19(25)23-17-12-14(22(2,3)4)10-11-18(17)28-5/h6-13H,1-5H3,(H,23,25)/t13-/m0/s1. The fourth-order valence-electron chi connectivity index (χ4n) is 3.19. The zero-order chi connectivity index (χ0) is 20.6. The first-order valence-corrected chi connectivity index (χ1v) is 9.11. The van der Waals surface area contributed by atoms with Crippen LogP contribution in [0.3, 0.4) is 0 Å². The third-order valence-electron chi connectivity index (χ3n) is 4.92. The zero-order valence-electron chi connectivity index (χ0n) is 16.7. The molecule has 6 heteroatoms. The van der Waals surface area contributed by atoms with E-state index in [4.69, 9.17) is 4.74 Å². The van der Waals surface area contributed by atoms with E-state index in [1.807, 2.05) is 12.1 Å². The first-order chi connectivity index (χ1) is 13.1. The molecule has 0 saturated carbocycles. The van der Waals surface area contributed by atoms with Crippen LogP contribution in [0.2, 0.25) is 0 Å². The Balaban J connectivity index is 1.86. The minimum atomic E-state index is -0.963. The average molecular weight is 380 g/mol. The number of nitrogens with zero attached hydrogens (tertiary/aromatic N) is 1. The van der Waals surface area contributed by atoms with Gasteiger partial charge in [0, 0.05) is 0 Å². The summed E-state index contributed by atoms with van der Waals surface area (Å²) in [4.78, 5) is 39.1. The molecule has 2 aromatic carbocycles. The number of carbonyl (C=O) groups is 3. The van der Waals surface area contributed by atoms with Crippen molar-refractivity contribution in [2.75, 3.05) is 12.4 Å². The fourth-order valence-corrected chi connectivity index (χ4v) is 3.19. The van der Waals surface area contributed by atoms with Crippen LogP contribution in [0, 0.1) is 0 Å². The highest BCUT2D eigenvalue weighted by Gasteiger charge is 2.40. The maximum Gasteiger partial charge on any atom is 0.262 e. The Labute approximate surface area is 164 Å². The van der Waals surface area contributed by atoms with E-state index < -0.39 is 23.8 Å². The van der Waals surface area contributed by atoms with E-state index in [0.29, 0.717) is 22.6 Å². The number of imide groups is 1. The van der Waals surface area contributed by atoms with Crippen molar-refractivity contribution < 1.29 is 19.1 Å². The number of amides is 3. The van der Waals surface area contributed by atoms with Crippen LogP contribution in [0.5, 0.6) is 5.75 Å². The summed E-state index contributed by atoms with van der Waals surface area (Å²) in [6.07, 6.45) is 0. The van der Waals surface area contributed by atoms with Gasteiger partial charge in [-0.1, -0.05) is 39.0 Å². The molecule has 1 aliphatic rings. The van der Waals surface area contributed by atoms with Crippen molar-refractivity contribution in [1.29, 1.82) is 0 Å². The second-order valence-corrected chi connectivity index (χ2v) is 7.86. The molecule has 0 aromatic heterocycles. The minimum Gasteiger partial charge on any atom is -0.495 e. The second-order valence-electron chi connectivity index (χ2n) is 7.86. The highest BCUT2D eigenvalue weighted by Crippen LogP contribution is 2.32. The molecule has 3 rings (SSSR count). The maximum atomic E-state index is 12.9. The number of ether oxygens (including phenoxy) is 1. The van der Waals surface area contributed by atoms with Crippen LogP contribution >= 0.6 is 0 Å². The Morgan fingerprint density at radius 3 is 2.11 bits per heavy atom. The van der Waals surface area contributed by atoms with Crippen molar-refractivity contribution in [1.82, 2.24) is 4.90 Å². The third-order valence-corrected chi connectivity index (χ3v) is 4.92. The van der Waals surface area contributed by atoms with E-state index in [2.05, 4.69) is 26.1 Å². The molecular formula is C22H24N2O4. The predicted octanol–water partition coefficient (Wildman–Crippen LogP) is 3.62. The number of benzene rings is 2. The average Bonchev–Trinajstić information content (AvgIpc) is 2.91. The molecule has 1 atom stereocenters. The highest BCUT2D eigenvalue weighted by molar-refractivity contribution is 6.23. The monoisotopic (exact) mass is 380 g/mol. The van der Waals surface area contributed by atoms with Crippen LogP contribution < -0.4 is 10.1 Å². The molecule has 0 fully saturated rings. The molecule has 0 unspecified atom stereocenters. The molecule has 0 aliphatic carbocycles. The van der Waals surface area contributed by atoms with Crippen LogP contribution in [0.25, 0.3) is 0 Å². The van der Waals surface area contributed by atoms with Crippen LogP contribution in [0.1, 0.15) is 54.0 Å². The summed E-state index contributed by atoms with van der Waals surface area (Å²) in [5.41, 5.74) is 2.05. The van der Waals surface area contributed by atoms with Gasteiger partial charge in [-0.15, -0.1) is 0 Å². The molecule has 0 radical (unpaired) electrons. The Morgan fingerprint density at radius 1 is 1.04 bits per heavy atom. The second kappa shape index (κ2) is 7.11. The number of carbonyl (C=O) groups excluding carboxylic acids is 3. The SMILES string of the molecule is COc1ccc(C(C)(C)C)cc1NC(=O)[C@H](C)N1C(=O)c2ccccc2C1=O. The van der Waals surface area contributed by atoms with Crippen LogP contribution in [-0.4, -0.2) is 35.8 Å². The number of rotatable bonds is 4. The van der Waals surface area contributed by atoms with Crippen molar-refractivity contribution in [2.24, 2.45) is 0 Å². The van der Waals surface area contributed by atoms with Crippen molar-refractivity contribution >= 4 is 23.4 Å². The Hall–Kier alpha value is -3.15. The minimum absolute atomic E-state index is 0.111. The largest absolute Gasteiger partial charge is 0.495 e. The van der Waals surface area contributed by atoms with Crippen molar-refractivity contribution in [2.45, 2.75) is 39.2 Å². The number of anilines is 1. The van der Waals surface area contributed by atoms with E-state index in [1.165, 1.54) is 14.0 Å². The summed E-state index contributed by atoms with van der Waals surface area (Å²) in [7, 11) is 1.52. The summed E-state index contributed by atoms with van der Waals surface area (Å²) in [6.45, 7) is 7.75. The Kier molecular flexibility index (Phi) is 4.98.